The van der Waals surface area contributed by atoms with Gasteiger partial charge in [-0.2, -0.15) is 5.10 Å². The SMILES string of the molecule is CCOC(=O)c1c(C)[nH]c(C(C)=NNC(=O)c2cc3ccccc3cc2O)c1C. The Morgan fingerprint density at radius 2 is 1.83 bits per heavy atom. The zero-order valence-corrected chi connectivity index (χ0v) is 16.8. The van der Waals surface area contributed by atoms with Gasteiger partial charge in [-0.25, -0.2) is 10.2 Å². The van der Waals surface area contributed by atoms with Gasteiger partial charge in [0.1, 0.15) is 5.75 Å². The van der Waals surface area contributed by atoms with Crippen LogP contribution in [-0.4, -0.2) is 34.3 Å². The van der Waals surface area contributed by atoms with Crippen LogP contribution in [0.2, 0.25) is 0 Å². The molecule has 1 aromatic heterocycles. The van der Waals surface area contributed by atoms with Crippen molar-refractivity contribution in [1.29, 1.82) is 0 Å². The minimum Gasteiger partial charge on any atom is -0.507 e. The third kappa shape index (κ3) is 3.99. The van der Waals surface area contributed by atoms with E-state index < -0.39 is 11.9 Å². The maximum Gasteiger partial charge on any atom is 0.340 e. The molecule has 1 amide bonds. The molecule has 0 unspecified atom stereocenters. The molecule has 0 aliphatic carbocycles. The Labute approximate surface area is 168 Å². The van der Waals surface area contributed by atoms with Gasteiger partial charge in [-0.05, 0) is 56.2 Å². The molecule has 0 saturated heterocycles. The van der Waals surface area contributed by atoms with Gasteiger partial charge in [-0.1, -0.05) is 24.3 Å². The van der Waals surface area contributed by atoms with Gasteiger partial charge in [0.25, 0.3) is 5.91 Å². The highest BCUT2D eigenvalue weighted by molar-refractivity contribution is 6.05. The summed E-state index contributed by atoms with van der Waals surface area (Å²) in [4.78, 5) is 27.8. The zero-order chi connectivity index (χ0) is 21.1. The van der Waals surface area contributed by atoms with E-state index in [0.717, 1.165) is 10.8 Å². The Balaban J connectivity index is 1.85. The lowest BCUT2D eigenvalue weighted by atomic mass is 10.1. The largest absolute Gasteiger partial charge is 0.507 e. The summed E-state index contributed by atoms with van der Waals surface area (Å²) in [7, 11) is 0. The molecule has 150 valence electrons. The van der Waals surface area contributed by atoms with Crippen molar-refractivity contribution in [1.82, 2.24) is 10.4 Å². The summed E-state index contributed by atoms with van der Waals surface area (Å²) >= 11 is 0. The number of aromatic hydroxyl groups is 1. The second-order valence-corrected chi connectivity index (χ2v) is 6.70. The second kappa shape index (κ2) is 8.18. The normalized spacial score (nSPS) is 11.5. The minimum atomic E-state index is -0.529. The van der Waals surface area contributed by atoms with Crippen LogP contribution in [0.4, 0.5) is 0 Å². The fourth-order valence-electron chi connectivity index (χ4n) is 3.28. The van der Waals surface area contributed by atoms with E-state index in [1.807, 2.05) is 24.3 Å². The molecule has 1 heterocycles. The summed E-state index contributed by atoms with van der Waals surface area (Å²) < 4.78 is 5.09. The van der Waals surface area contributed by atoms with Crippen LogP contribution in [0.5, 0.6) is 5.75 Å². The molecule has 0 fully saturated rings. The molecule has 3 rings (SSSR count). The first-order chi connectivity index (χ1) is 13.8. The summed E-state index contributed by atoms with van der Waals surface area (Å²) in [5.41, 5.74) is 5.56. The van der Waals surface area contributed by atoms with E-state index in [-0.39, 0.29) is 17.9 Å². The van der Waals surface area contributed by atoms with Crippen LogP contribution in [0.1, 0.15) is 51.5 Å². The van der Waals surface area contributed by atoms with Crippen molar-refractivity contribution in [3.8, 4) is 5.75 Å². The first kappa shape index (κ1) is 20.1. The number of aryl methyl sites for hydroxylation is 1. The van der Waals surface area contributed by atoms with Gasteiger partial charge in [0, 0.05) is 5.69 Å². The third-order valence-electron chi connectivity index (χ3n) is 4.71. The number of rotatable bonds is 5. The van der Waals surface area contributed by atoms with Crippen LogP contribution in [0.15, 0.2) is 41.5 Å². The lowest BCUT2D eigenvalue weighted by Crippen LogP contribution is -2.20. The van der Waals surface area contributed by atoms with E-state index in [1.165, 1.54) is 0 Å². The Morgan fingerprint density at radius 3 is 2.48 bits per heavy atom. The molecule has 0 atom stereocenters. The van der Waals surface area contributed by atoms with E-state index in [0.29, 0.717) is 28.2 Å². The van der Waals surface area contributed by atoms with Gasteiger partial charge in [0.15, 0.2) is 0 Å². The predicted molar refractivity (Wildman–Crippen MR) is 112 cm³/mol. The number of benzene rings is 2. The number of phenolic OH excluding ortho intramolecular Hbond substituents is 1. The number of nitrogens with one attached hydrogen (secondary N) is 2. The highest BCUT2D eigenvalue weighted by Gasteiger charge is 2.20. The van der Waals surface area contributed by atoms with E-state index in [9.17, 15) is 14.7 Å². The Kier molecular flexibility index (Phi) is 5.68. The van der Waals surface area contributed by atoms with E-state index in [2.05, 4.69) is 15.5 Å². The van der Waals surface area contributed by atoms with Gasteiger partial charge in [0.2, 0.25) is 0 Å². The number of aromatic nitrogens is 1. The molecule has 7 nitrogen and oxygen atoms in total. The number of nitrogens with zero attached hydrogens (tertiary/aromatic N) is 1. The standard InChI is InChI=1S/C22H23N3O4/c1-5-29-22(28)19-12(2)20(23-13(19)3)14(4)24-25-21(27)17-10-15-8-6-7-9-16(15)11-18(17)26/h6-11,23,26H,5H2,1-4H3,(H,25,27). The Morgan fingerprint density at radius 1 is 1.17 bits per heavy atom. The number of fused-ring (bicyclic) bond motifs is 1. The number of hydrazone groups is 1. The number of hydrogen-bond acceptors (Lipinski definition) is 5. The highest BCUT2D eigenvalue weighted by Crippen LogP contribution is 2.25. The Hall–Kier alpha value is -3.61. The molecule has 3 N–H and O–H groups in total. The molecule has 29 heavy (non-hydrogen) atoms. The average Bonchev–Trinajstić information content (AvgIpc) is 2.99. The number of phenols is 1. The van der Waals surface area contributed by atoms with Crippen LogP contribution in [-0.2, 0) is 4.74 Å². The number of carbonyl (C=O) groups excluding carboxylic acids is 2. The molecular weight excluding hydrogens is 370 g/mol. The number of aromatic amines is 1. The number of H-pyrrole nitrogens is 1. The lowest BCUT2D eigenvalue weighted by Gasteiger charge is -2.07. The summed E-state index contributed by atoms with van der Waals surface area (Å²) in [5.74, 6) is -1.05. The number of ether oxygens (including phenoxy) is 1. The van der Waals surface area contributed by atoms with Gasteiger partial charge >= 0.3 is 5.97 Å². The Bertz CT molecular complexity index is 1130. The van der Waals surface area contributed by atoms with Crippen molar-refractivity contribution >= 4 is 28.4 Å². The smallest absolute Gasteiger partial charge is 0.340 e. The second-order valence-electron chi connectivity index (χ2n) is 6.70. The van der Waals surface area contributed by atoms with Crippen molar-refractivity contribution in [2.75, 3.05) is 6.61 Å². The maximum absolute atomic E-state index is 12.5. The van der Waals surface area contributed by atoms with Crippen molar-refractivity contribution in [2.24, 2.45) is 5.10 Å². The summed E-state index contributed by atoms with van der Waals surface area (Å²) in [6, 6.07) is 10.6. The van der Waals surface area contributed by atoms with Crippen molar-refractivity contribution in [3.05, 3.63) is 64.5 Å². The van der Waals surface area contributed by atoms with Crippen LogP contribution in [0.3, 0.4) is 0 Å². The van der Waals surface area contributed by atoms with E-state index in [4.69, 9.17) is 4.74 Å². The molecule has 0 spiro atoms. The third-order valence-corrected chi connectivity index (χ3v) is 4.71. The molecule has 3 aromatic rings. The first-order valence-corrected chi connectivity index (χ1v) is 9.26. The average molecular weight is 393 g/mol. The highest BCUT2D eigenvalue weighted by atomic mass is 16.5. The van der Waals surface area contributed by atoms with Crippen LogP contribution < -0.4 is 5.43 Å². The number of amides is 1. The van der Waals surface area contributed by atoms with Gasteiger partial charge in [0.05, 0.1) is 29.1 Å². The number of hydrogen-bond donors (Lipinski definition) is 3. The van der Waals surface area contributed by atoms with Crippen LogP contribution >= 0.6 is 0 Å². The molecule has 7 heteroatoms. The summed E-state index contributed by atoms with van der Waals surface area (Å²) in [6.45, 7) is 7.33. The molecule has 0 saturated carbocycles. The predicted octanol–water partition coefficient (Wildman–Crippen LogP) is 3.82. The van der Waals surface area contributed by atoms with Crippen molar-refractivity contribution in [3.63, 3.8) is 0 Å². The first-order valence-electron chi connectivity index (χ1n) is 9.26. The fraction of sp³-hybridized carbons (Fsp3) is 0.227. The van der Waals surface area contributed by atoms with Crippen molar-refractivity contribution in [2.45, 2.75) is 27.7 Å². The summed E-state index contributed by atoms with van der Waals surface area (Å²) in [6.07, 6.45) is 0. The number of esters is 1. The van der Waals surface area contributed by atoms with Gasteiger partial charge < -0.3 is 14.8 Å². The van der Waals surface area contributed by atoms with Gasteiger partial charge in [-0.3, -0.25) is 4.79 Å². The molecule has 0 radical (unpaired) electrons. The quantitative estimate of drug-likeness (QED) is 0.348. The van der Waals surface area contributed by atoms with Crippen LogP contribution in [0.25, 0.3) is 10.8 Å². The van der Waals surface area contributed by atoms with Crippen LogP contribution in [0, 0.1) is 13.8 Å². The topological polar surface area (TPSA) is 104 Å². The van der Waals surface area contributed by atoms with E-state index in [1.54, 1.807) is 39.8 Å². The lowest BCUT2D eigenvalue weighted by molar-refractivity contribution is 0.0524. The molecule has 2 aromatic carbocycles. The molecule has 0 aliphatic rings. The molecule has 0 bridgehead atoms. The zero-order valence-electron chi connectivity index (χ0n) is 16.8. The molecular formula is C22H23N3O4. The van der Waals surface area contributed by atoms with Gasteiger partial charge in [-0.15, -0.1) is 0 Å². The fourth-order valence-corrected chi connectivity index (χ4v) is 3.28. The maximum atomic E-state index is 12.5. The van der Waals surface area contributed by atoms with Crippen molar-refractivity contribution < 1.29 is 19.4 Å². The number of carbonyl (C=O) groups is 2. The monoisotopic (exact) mass is 393 g/mol. The molecule has 0 aliphatic heterocycles. The summed E-state index contributed by atoms with van der Waals surface area (Å²) in [5, 5.41) is 16.0. The minimum absolute atomic E-state index is 0.120. The van der Waals surface area contributed by atoms with E-state index >= 15 is 0 Å².